The molecule has 2 heterocycles. The molecule has 162 valence electrons. The van der Waals surface area contributed by atoms with Crippen LogP contribution in [0.3, 0.4) is 0 Å². The number of nitrogens with zero attached hydrogens (tertiary/aromatic N) is 3. The van der Waals surface area contributed by atoms with Crippen LogP contribution in [0.4, 0.5) is 0 Å². The average molecular weight is 406 g/mol. The van der Waals surface area contributed by atoms with Crippen molar-refractivity contribution in [2.75, 3.05) is 19.7 Å². The number of hydrogen-bond donors (Lipinski definition) is 0. The molecule has 0 aromatic carbocycles. The molecule has 0 spiro atoms. The summed E-state index contributed by atoms with van der Waals surface area (Å²) in [7, 11) is 0. The molecule has 1 aromatic rings. The van der Waals surface area contributed by atoms with E-state index in [-0.39, 0.29) is 36.7 Å². The first-order chi connectivity index (χ1) is 13.4. The van der Waals surface area contributed by atoms with Crippen molar-refractivity contribution >= 4 is 11.9 Å². The number of ether oxygens (including phenoxy) is 2. The van der Waals surface area contributed by atoms with Gasteiger partial charge in [0.05, 0.1) is 17.8 Å². The molecule has 1 saturated heterocycles. The van der Waals surface area contributed by atoms with Crippen LogP contribution < -0.4 is 0 Å². The van der Waals surface area contributed by atoms with Crippen molar-refractivity contribution in [3.05, 3.63) is 17.5 Å². The van der Waals surface area contributed by atoms with Crippen LogP contribution in [0, 0.1) is 0 Å². The highest BCUT2D eigenvalue weighted by molar-refractivity contribution is 5.88. The Morgan fingerprint density at radius 3 is 2.41 bits per heavy atom. The molecule has 1 saturated carbocycles. The first kappa shape index (κ1) is 21.8. The van der Waals surface area contributed by atoms with Gasteiger partial charge >= 0.3 is 11.9 Å². The molecule has 7 nitrogen and oxygen atoms in total. The highest BCUT2D eigenvalue weighted by atomic mass is 16.6. The van der Waals surface area contributed by atoms with Crippen LogP contribution in [0.25, 0.3) is 0 Å². The Hall–Kier alpha value is -1.89. The summed E-state index contributed by atoms with van der Waals surface area (Å²) in [4.78, 5) is 27.1. The Morgan fingerprint density at radius 1 is 1.14 bits per heavy atom. The van der Waals surface area contributed by atoms with E-state index in [9.17, 15) is 9.59 Å². The van der Waals surface area contributed by atoms with Crippen LogP contribution in [0.2, 0.25) is 0 Å². The van der Waals surface area contributed by atoms with E-state index in [1.807, 2.05) is 47.6 Å². The fourth-order valence-corrected chi connectivity index (χ4v) is 3.71. The van der Waals surface area contributed by atoms with Gasteiger partial charge in [0.2, 0.25) is 0 Å². The molecular formula is C22H35N3O4. The van der Waals surface area contributed by atoms with E-state index in [4.69, 9.17) is 9.47 Å². The molecule has 0 bridgehead atoms. The van der Waals surface area contributed by atoms with Gasteiger partial charge in [-0.05, 0) is 79.8 Å². The molecule has 1 aliphatic heterocycles. The zero-order valence-corrected chi connectivity index (χ0v) is 18.7. The molecule has 0 N–H and O–H groups in total. The molecule has 3 rings (SSSR count). The predicted octanol–water partition coefficient (Wildman–Crippen LogP) is 3.48. The Balaban J connectivity index is 1.61. The number of aromatic nitrogens is 2. The lowest BCUT2D eigenvalue weighted by atomic mass is 10.1. The van der Waals surface area contributed by atoms with Crippen LogP contribution in [0.5, 0.6) is 0 Å². The third-order valence-corrected chi connectivity index (χ3v) is 5.23. The van der Waals surface area contributed by atoms with Gasteiger partial charge in [-0.1, -0.05) is 0 Å². The molecule has 0 unspecified atom stereocenters. The molecule has 1 aromatic heterocycles. The lowest BCUT2D eigenvalue weighted by Gasteiger charge is -2.26. The number of rotatable bonds is 6. The Labute approximate surface area is 173 Å². The van der Waals surface area contributed by atoms with Gasteiger partial charge in [0.15, 0.2) is 0 Å². The van der Waals surface area contributed by atoms with Gasteiger partial charge in [0.1, 0.15) is 17.9 Å². The van der Waals surface area contributed by atoms with Gasteiger partial charge in [-0.15, -0.1) is 0 Å². The van der Waals surface area contributed by atoms with E-state index in [0.717, 1.165) is 37.9 Å². The number of carbonyl (C=O) groups is 2. The SMILES string of the molecule is CC(C)(C)OC(=O)CN1CCC[C@H]1COC(=O)c1cc(C2CC2)nn1C(C)(C)C. The summed E-state index contributed by atoms with van der Waals surface area (Å²) in [5.41, 5.74) is 0.705. The van der Waals surface area contributed by atoms with E-state index in [1.165, 1.54) is 0 Å². The first-order valence-electron chi connectivity index (χ1n) is 10.7. The van der Waals surface area contributed by atoms with E-state index in [1.54, 1.807) is 4.68 Å². The maximum Gasteiger partial charge on any atom is 0.356 e. The summed E-state index contributed by atoms with van der Waals surface area (Å²) in [6.45, 7) is 13.0. The van der Waals surface area contributed by atoms with Gasteiger partial charge in [0, 0.05) is 12.0 Å². The van der Waals surface area contributed by atoms with Crippen molar-refractivity contribution in [2.45, 2.75) is 90.3 Å². The molecule has 1 aliphatic carbocycles. The molecule has 2 fully saturated rings. The quantitative estimate of drug-likeness (QED) is 0.675. The minimum atomic E-state index is -0.497. The van der Waals surface area contributed by atoms with Crippen LogP contribution in [-0.2, 0) is 19.8 Å². The molecule has 0 amide bonds. The summed E-state index contributed by atoms with van der Waals surface area (Å²) in [6, 6.07) is 1.93. The fraction of sp³-hybridized carbons (Fsp3) is 0.773. The second kappa shape index (κ2) is 8.09. The standard InChI is InChI=1S/C22H35N3O4/c1-21(2,3)25-18(12-17(23-25)15-9-10-15)20(27)28-14-16-8-7-11-24(16)13-19(26)29-22(4,5)6/h12,15-16H,7-11,13-14H2,1-6H3/t16-/m0/s1. The summed E-state index contributed by atoms with van der Waals surface area (Å²) in [5.74, 6) is -0.108. The van der Waals surface area contributed by atoms with Crippen molar-refractivity contribution in [1.82, 2.24) is 14.7 Å². The van der Waals surface area contributed by atoms with Crippen molar-refractivity contribution in [3.8, 4) is 0 Å². The van der Waals surface area contributed by atoms with Crippen LogP contribution in [0.1, 0.15) is 89.3 Å². The highest BCUT2D eigenvalue weighted by Gasteiger charge is 2.33. The van der Waals surface area contributed by atoms with E-state index in [2.05, 4.69) is 10.00 Å². The first-order valence-corrected chi connectivity index (χ1v) is 10.7. The molecule has 29 heavy (non-hydrogen) atoms. The number of esters is 2. The fourth-order valence-electron chi connectivity index (χ4n) is 3.71. The van der Waals surface area contributed by atoms with Crippen LogP contribution >= 0.6 is 0 Å². The number of carbonyl (C=O) groups excluding carboxylic acids is 2. The second-order valence-corrected chi connectivity index (χ2v) is 10.3. The summed E-state index contributed by atoms with van der Waals surface area (Å²) in [5, 5.41) is 4.68. The molecule has 1 atom stereocenters. The van der Waals surface area contributed by atoms with Crippen LogP contribution in [-0.4, -0.2) is 58.0 Å². The third kappa shape index (κ3) is 5.81. The minimum Gasteiger partial charge on any atom is -0.459 e. The van der Waals surface area contributed by atoms with E-state index >= 15 is 0 Å². The minimum absolute atomic E-state index is 0.0420. The normalized spacial score (nSPS) is 20.7. The molecule has 0 radical (unpaired) electrons. The van der Waals surface area contributed by atoms with Gasteiger partial charge in [0.25, 0.3) is 0 Å². The van der Waals surface area contributed by atoms with Crippen molar-refractivity contribution in [2.24, 2.45) is 0 Å². The topological polar surface area (TPSA) is 73.7 Å². The number of hydrogen-bond acceptors (Lipinski definition) is 6. The lowest BCUT2D eigenvalue weighted by Crippen LogP contribution is -2.40. The predicted molar refractivity (Wildman–Crippen MR) is 110 cm³/mol. The molecular weight excluding hydrogens is 370 g/mol. The maximum absolute atomic E-state index is 12.8. The Kier molecular flexibility index (Phi) is 6.08. The van der Waals surface area contributed by atoms with Gasteiger partial charge in [-0.2, -0.15) is 5.10 Å². The molecule has 2 aliphatic rings. The lowest BCUT2D eigenvalue weighted by molar-refractivity contribution is -0.156. The van der Waals surface area contributed by atoms with Gasteiger partial charge < -0.3 is 9.47 Å². The van der Waals surface area contributed by atoms with Crippen LogP contribution in [0.15, 0.2) is 6.07 Å². The molecule has 7 heteroatoms. The van der Waals surface area contributed by atoms with Gasteiger partial charge in [-0.3, -0.25) is 14.4 Å². The summed E-state index contributed by atoms with van der Waals surface area (Å²) < 4.78 is 12.9. The Bertz CT molecular complexity index is 753. The zero-order chi connectivity index (χ0) is 21.4. The third-order valence-electron chi connectivity index (χ3n) is 5.23. The summed E-state index contributed by atoms with van der Waals surface area (Å²) >= 11 is 0. The van der Waals surface area contributed by atoms with Crippen molar-refractivity contribution < 1.29 is 19.1 Å². The maximum atomic E-state index is 12.8. The summed E-state index contributed by atoms with van der Waals surface area (Å²) in [6.07, 6.45) is 4.16. The smallest absolute Gasteiger partial charge is 0.356 e. The largest absolute Gasteiger partial charge is 0.459 e. The Morgan fingerprint density at radius 2 is 1.83 bits per heavy atom. The second-order valence-electron chi connectivity index (χ2n) is 10.3. The zero-order valence-electron chi connectivity index (χ0n) is 18.7. The van der Waals surface area contributed by atoms with E-state index in [0.29, 0.717) is 11.6 Å². The average Bonchev–Trinajstić information content (AvgIpc) is 3.16. The number of likely N-dealkylation sites (tertiary alicyclic amines) is 1. The van der Waals surface area contributed by atoms with Gasteiger partial charge in [-0.25, -0.2) is 4.79 Å². The van der Waals surface area contributed by atoms with E-state index < -0.39 is 5.60 Å². The monoisotopic (exact) mass is 405 g/mol. The highest BCUT2D eigenvalue weighted by Crippen LogP contribution is 2.40. The van der Waals surface area contributed by atoms with Crippen molar-refractivity contribution in [3.63, 3.8) is 0 Å². The van der Waals surface area contributed by atoms with Crippen molar-refractivity contribution in [1.29, 1.82) is 0 Å².